The van der Waals surface area contributed by atoms with Crippen molar-refractivity contribution in [2.24, 2.45) is 9.98 Å². The maximum absolute atomic E-state index is 12.9. The molecule has 4 aromatic rings. The Morgan fingerprint density at radius 3 is 2.58 bits per heavy atom. The van der Waals surface area contributed by atoms with Gasteiger partial charge in [0.25, 0.3) is 0 Å². The fourth-order valence-electron chi connectivity index (χ4n) is 5.06. The zero-order valence-electron chi connectivity index (χ0n) is 22.9. The molecular formula is C31H24F3N5O3S. The van der Waals surface area contributed by atoms with Crippen LogP contribution < -0.4 is 9.54 Å². The molecule has 0 aliphatic heterocycles. The number of amides is 2. The highest BCUT2D eigenvalue weighted by atomic mass is 32.1. The molecule has 2 heterocycles. The van der Waals surface area contributed by atoms with Gasteiger partial charge in [0.15, 0.2) is 0 Å². The normalized spacial score (nSPS) is 17.3. The minimum atomic E-state index is -4.76. The highest BCUT2D eigenvalue weighted by Crippen LogP contribution is 2.37. The number of carbonyl (C=O) groups is 1. The quantitative estimate of drug-likeness (QED) is 0.267. The van der Waals surface area contributed by atoms with Gasteiger partial charge in [-0.05, 0) is 65.6 Å². The fraction of sp³-hybridized carbons (Fsp3) is 0.161. The molecule has 2 aromatic carbocycles. The first-order chi connectivity index (χ1) is 20.6. The minimum absolute atomic E-state index is 0.0204. The van der Waals surface area contributed by atoms with Crippen LogP contribution in [0.2, 0.25) is 0 Å². The average molecular weight is 604 g/mol. The maximum Gasteiger partial charge on any atom is 0.573 e. The van der Waals surface area contributed by atoms with Gasteiger partial charge in [0.05, 0.1) is 28.2 Å². The highest BCUT2D eigenvalue weighted by molar-refractivity contribution is 7.07. The lowest BCUT2D eigenvalue weighted by molar-refractivity contribution is -0.274. The summed E-state index contributed by atoms with van der Waals surface area (Å²) in [6.07, 6.45) is 5.99. The Balaban J connectivity index is 1.25. The molecule has 8 nitrogen and oxygen atoms in total. The van der Waals surface area contributed by atoms with E-state index in [4.69, 9.17) is 0 Å². The van der Waals surface area contributed by atoms with Crippen LogP contribution in [-0.2, 0) is 0 Å². The van der Waals surface area contributed by atoms with Gasteiger partial charge in [0, 0.05) is 11.6 Å². The largest absolute Gasteiger partial charge is 0.573 e. The van der Waals surface area contributed by atoms with Crippen molar-refractivity contribution in [3.63, 3.8) is 0 Å². The van der Waals surface area contributed by atoms with E-state index < -0.39 is 12.4 Å². The van der Waals surface area contributed by atoms with Crippen LogP contribution in [0.5, 0.6) is 11.6 Å². The van der Waals surface area contributed by atoms with E-state index in [0.717, 1.165) is 39.5 Å². The lowest BCUT2D eigenvalue weighted by atomic mass is 9.85. The molecule has 2 aromatic heterocycles. The van der Waals surface area contributed by atoms with Gasteiger partial charge >= 0.3 is 12.4 Å². The highest BCUT2D eigenvalue weighted by Gasteiger charge is 2.31. The van der Waals surface area contributed by atoms with Crippen LogP contribution >= 0.6 is 11.3 Å². The van der Waals surface area contributed by atoms with Gasteiger partial charge in [0.1, 0.15) is 12.1 Å². The number of fused-ring (bicyclic) bond motifs is 3. The number of imidazole rings is 1. The molecule has 12 heteroatoms. The van der Waals surface area contributed by atoms with E-state index in [0.29, 0.717) is 16.2 Å². The Morgan fingerprint density at radius 1 is 1.07 bits per heavy atom. The van der Waals surface area contributed by atoms with Gasteiger partial charge in [-0.25, -0.2) is 9.78 Å². The maximum atomic E-state index is 12.9. The number of ether oxygens (including phenoxy) is 1. The summed E-state index contributed by atoms with van der Waals surface area (Å²) in [6, 6.07) is 12.5. The van der Waals surface area contributed by atoms with E-state index in [1.54, 1.807) is 27.6 Å². The summed E-state index contributed by atoms with van der Waals surface area (Å²) in [6.45, 7) is 4.10. The van der Waals surface area contributed by atoms with Crippen LogP contribution in [0.15, 0.2) is 100 Å². The van der Waals surface area contributed by atoms with Crippen LogP contribution in [0.4, 0.5) is 18.0 Å². The van der Waals surface area contributed by atoms with Crippen LogP contribution in [-0.4, -0.2) is 37.3 Å². The number of halogens is 3. The molecule has 2 aliphatic rings. The van der Waals surface area contributed by atoms with Gasteiger partial charge in [-0.1, -0.05) is 44.2 Å². The first-order valence-corrected chi connectivity index (χ1v) is 14.1. The van der Waals surface area contributed by atoms with Crippen molar-refractivity contribution in [2.45, 2.75) is 32.0 Å². The molecule has 0 saturated carbocycles. The van der Waals surface area contributed by atoms with Crippen LogP contribution in [0.1, 0.15) is 42.6 Å². The molecule has 1 N–H and O–H groups in total. The van der Waals surface area contributed by atoms with Crippen LogP contribution in [0, 0.1) is 0 Å². The molecule has 0 spiro atoms. The Bertz CT molecular complexity index is 1910. The first-order valence-electron chi connectivity index (χ1n) is 13.2. The van der Waals surface area contributed by atoms with Gasteiger partial charge in [-0.15, -0.1) is 24.5 Å². The minimum Gasteiger partial charge on any atom is -0.494 e. The van der Waals surface area contributed by atoms with E-state index >= 15 is 0 Å². The molecular weight excluding hydrogens is 579 g/mol. The zero-order chi connectivity index (χ0) is 30.3. The van der Waals surface area contributed by atoms with Gasteiger partial charge in [-0.2, -0.15) is 9.98 Å². The molecule has 1 unspecified atom stereocenters. The Morgan fingerprint density at radius 2 is 1.84 bits per heavy atom. The number of carbonyl (C=O) groups excluding carboxylic acids is 1. The molecule has 0 bridgehead atoms. The average Bonchev–Trinajstić information content (AvgIpc) is 3.55. The fourth-order valence-corrected chi connectivity index (χ4v) is 5.80. The third kappa shape index (κ3) is 5.73. The SMILES string of the molecule is CC(C)c1ccccc1-n1c(O)csc1=NC(=O)N=C1C=CC2C(=C1)C=Cc1c2ncn1-c1ccc(OC(F)(F)F)cc1. The number of thiazole rings is 1. The predicted octanol–water partition coefficient (Wildman–Crippen LogP) is 7.22. The molecule has 0 fully saturated rings. The molecule has 6 rings (SSSR count). The van der Waals surface area contributed by atoms with Crippen molar-refractivity contribution >= 4 is 29.2 Å². The number of benzene rings is 2. The van der Waals surface area contributed by atoms with E-state index in [1.807, 2.05) is 56.3 Å². The second-order valence-corrected chi connectivity index (χ2v) is 10.9. The number of aromatic hydroxyl groups is 1. The second kappa shape index (κ2) is 11.0. The summed E-state index contributed by atoms with van der Waals surface area (Å²) >= 11 is 1.14. The van der Waals surface area contributed by atoms with Crippen molar-refractivity contribution in [1.82, 2.24) is 14.1 Å². The number of hydrogen-bond donors (Lipinski definition) is 1. The second-order valence-electron chi connectivity index (χ2n) is 10.1. The third-order valence-corrected chi connectivity index (χ3v) is 7.76. The van der Waals surface area contributed by atoms with E-state index in [-0.39, 0.29) is 23.5 Å². The van der Waals surface area contributed by atoms with Crippen molar-refractivity contribution in [1.29, 1.82) is 0 Å². The Hall–Kier alpha value is -4.97. The van der Waals surface area contributed by atoms with E-state index in [9.17, 15) is 23.1 Å². The number of aromatic nitrogens is 3. The molecule has 1 atom stereocenters. The lowest BCUT2D eigenvalue weighted by Crippen LogP contribution is -2.17. The topological polar surface area (TPSA) is 94.0 Å². The lowest BCUT2D eigenvalue weighted by Gasteiger charge is -2.21. The number of para-hydroxylation sites is 1. The number of nitrogens with zero attached hydrogens (tertiary/aromatic N) is 5. The summed E-state index contributed by atoms with van der Waals surface area (Å²) in [7, 11) is 0. The number of aliphatic imine (C=N–C) groups is 1. The van der Waals surface area contributed by atoms with Crippen molar-refractivity contribution in [3.05, 3.63) is 112 Å². The van der Waals surface area contributed by atoms with Crippen LogP contribution in [0.25, 0.3) is 17.5 Å². The Kier molecular flexibility index (Phi) is 7.22. The zero-order valence-corrected chi connectivity index (χ0v) is 23.7. The van der Waals surface area contributed by atoms with E-state index in [2.05, 4.69) is 19.7 Å². The summed E-state index contributed by atoms with van der Waals surface area (Å²) in [5, 5.41) is 12.1. The summed E-state index contributed by atoms with van der Waals surface area (Å²) in [5.41, 5.74) is 5.20. The molecule has 2 aliphatic carbocycles. The van der Waals surface area contributed by atoms with Gasteiger partial charge < -0.3 is 9.84 Å². The smallest absolute Gasteiger partial charge is 0.494 e. The Labute approximate surface area is 247 Å². The molecule has 218 valence electrons. The number of allylic oxidation sites excluding steroid dienone is 5. The van der Waals surface area contributed by atoms with Crippen LogP contribution in [0.3, 0.4) is 0 Å². The third-order valence-electron chi connectivity index (χ3n) is 6.95. The van der Waals surface area contributed by atoms with Gasteiger partial charge in [0.2, 0.25) is 10.7 Å². The summed E-state index contributed by atoms with van der Waals surface area (Å²) in [5.74, 6) is -0.329. The van der Waals surface area contributed by atoms with E-state index in [1.165, 1.54) is 29.6 Å². The number of alkyl halides is 3. The standard InChI is InChI=1S/C31H24F3N5O3S/c1-18(2)23-5-3-4-6-25(23)39-27(40)16-43-30(39)37-29(41)36-20-8-13-24-19(15-20)7-14-26-28(24)35-17-38(26)21-9-11-22(12-10-21)42-31(32,33)34/h3-18,24,40H,1-2H3. The van der Waals surface area contributed by atoms with Crippen molar-refractivity contribution < 1.29 is 27.8 Å². The first kappa shape index (κ1) is 28.2. The predicted molar refractivity (Wildman–Crippen MR) is 157 cm³/mol. The number of urea groups is 1. The number of hydrogen-bond acceptors (Lipinski definition) is 5. The summed E-state index contributed by atoms with van der Waals surface area (Å²) in [4.78, 5) is 26.1. The van der Waals surface area contributed by atoms with Crippen molar-refractivity contribution in [2.75, 3.05) is 0 Å². The molecule has 43 heavy (non-hydrogen) atoms. The summed E-state index contributed by atoms with van der Waals surface area (Å²) < 4.78 is 44.8. The monoisotopic (exact) mass is 603 g/mol. The van der Waals surface area contributed by atoms with Gasteiger partial charge in [-0.3, -0.25) is 9.13 Å². The van der Waals surface area contributed by atoms with Crippen molar-refractivity contribution in [3.8, 4) is 23.0 Å². The molecule has 0 radical (unpaired) electrons. The molecule has 0 saturated heterocycles. The molecule has 2 amide bonds. The number of rotatable bonds is 4.